The van der Waals surface area contributed by atoms with E-state index in [0.717, 1.165) is 30.2 Å². The van der Waals surface area contributed by atoms with Crippen LogP contribution >= 0.6 is 0 Å². The van der Waals surface area contributed by atoms with Crippen molar-refractivity contribution in [3.8, 4) is 5.75 Å². The Morgan fingerprint density at radius 3 is 2.92 bits per heavy atom. The second kappa shape index (κ2) is 5.10. The molecule has 5 nitrogen and oxygen atoms in total. The predicted octanol–water partition coefficient (Wildman–Crippen LogP) is 3.52. The van der Waals surface area contributed by atoms with E-state index in [1.54, 1.807) is 0 Å². The van der Waals surface area contributed by atoms with Gasteiger partial charge in [-0.1, -0.05) is 26.0 Å². The normalized spacial score (nSPS) is 23.5. The highest BCUT2D eigenvalue weighted by atomic mass is 16.5. The summed E-state index contributed by atoms with van der Waals surface area (Å²) in [7, 11) is 0. The van der Waals surface area contributed by atoms with Crippen LogP contribution in [0.25, 0.3) is 0 Å². The zero-order chi connectivity index (χ0) is 17.1. The molecule has 0 spiro atoms. The van der Waals surface area contributed by atoms with Crippen LogP contribution in [-0.2, 0) is 11.2 Å². The van der Waals surface area contributed by atoms with E-state index in [-0.39, 0.29) is 11.3 Å². The highest BCUT2D eigenvalue weighted by Crippen LogP contribution is 2.70. The quantitative estimate of drug-likeness (QED) is 0.907. The minimum atomic E-state index is -0.111. The molecule has 0 radical (unpaired) electrons. The number of hydrogen-bond acceptors (Lipinski definition) is 3. The summed E-state index contributed by atoms with van der Waals surface area (Å²) >= 11 is 0. The van der Waals surface area contributed by atoms with Gasteiger partial charge in [-0.2, -0.15) is 0 Å². The summed E-state index contributed by atoms with van der Waals surface area (Å²) in [5.74, 6) is 2.24. The number of aromatic nitrogens is 2. The topological polar surface area (TPSA) is 67.0 Å². The van der Waals surface area contributed by atoms with E-state index in [9.17, 15) is 4.79 Å². The zero-order valence-electron chi connectivity index (χ0n) is 14.6. The number of carbonyl (C=O) groups is 1. The number of imidazole rings is 1. The Hall–Kier alpha value is -2.30. The van der Waals surface area contributed by atoms with E-state index >= 15 is 0 Å². The molecular formula is C19H23N3O2. The summed E-state index contributed by atoms with van der Waals surface area (Å²) in [5.41, 5.74) is 4.98. The van der Waals surface area contributed by atoms with Crippen molar-refractivity contribution in [1.82, 2.24) is 9.97 Å². The lowest BCUT2D eigenvalue weighted by Crippen LogP contribution is -2.07. The third kappa shape index (κ3) is 2.22. The van der Waals surface area contributed by atoms with Crippen molar-refractivity contribution >= 4 is 11.9 Å². The maximum Gasteiger partial charge on any atom is 0.223 e. The molecule has 0 saturated heterocycles. The first-order valence-corrected chi connectivity index (χ1v) is 8.48. The first kappa shape index (κ1) is 15.2. The number of benzene rings is 1. The largest absolute Gasteiger partial charge is 0.493 e. The summed E-state index contributed by atoms with van der Waals surface area (Å²) in [6.07, 6.45) is 0.988. The van der Waals surface area contributed by atoms with E-state index in [1.807, 2.05) is 6.92 Å². The van der Waals surface area contributed by atoms with Crippen molar-refractivity contribution < 1.29 is 9.53 Å². The van der Waals surface area contributed by atoms with Crippen molar-refractivity contribution in [2.45, 2.75) is 46.0 Å². The molecule has 1 aromatic carbocycles. The van der Waals surface area contributed by atoms with Gasteiger partial charge in [0.1, 0.15) is 5.75 Å². The second-order valence-corrected chi connectivity index (χ2v) is 7.48. The van der Waals surface area contributed by atoms with Crippen molar-refractivity contribution in [2.24, 2.45) is 5.41 Å². The lowest BCUT2D eigenvalue weighted by molar-refractivity contribution is -0.114. The number of fused-ring (bicyclic) bond motifs is 1. The molecule has 5 heteroatoms. The van der Waals surface area contributed by atoms with Gasteiger partial charge in [0, 0.05) is 30.5 Å². The molecule has 1 saturated carbocycles. The highest BCUT2D eigenvalue weighted by molar-refractivity contribution is 5.86. The third-order valence-corrected chi connectivity index (χ3v) is 5.45. The van der Waals surface area contributed by atoms with Crippen LogP contribution in [0.2, 0.25) is 0 Å². The average Bonchev–Trinajstić information content (AvgIpc) is 2.86. The SMILES string of the molecule is CC(=O)Nc1nc([C@@H]2C(c3cccc4c3CCO4)C2(C)C)c(C)[nH]1. The van der Waals surface area contributed by atoms with E-state index in [1.165, 1.54) is 18.1 Å². The van der Waals surface area contributed by atoms with Gasteiger partial charge in [0.15, 0.2) is 0 Å². The van der Waals surface area contributed by atoms with Crippen molar-refractivity contribution in [3.05, 3.63) is 40.7 Å². The molecule has 1 aliphatic carbocycles. The van der Waals surface area contributed by atoms with Crippen LogP contribution in [0.5, 0.6) is 5.75 Å². The molecule has 2 N–H and O–H groups in total. The van der Waals surface area contributed by atoms with Crippen LogP contribution in [0.3, 0.4) is 0 Å². The average molecular weight is 325 g/mol. The number of nitrogens with zero attached hydrogens (tertiary/aromatic N) is 1. The van der Waals surface area contributed by atoms with Gasteiger partial charge < -0.3 is 9.72 Å². The Kier molecular flexibility index (Phi) is 3.24. The van der Waals surface area contributed by atoms with Crippen LogP contribution in [0.1, 0.15) is 55.1 Å². The Balaban J connectivity index is 1.70. The monoisotopic (exact) mass is 325 g/mol. The summed E-state index contributed by atoms with van der Waals surface area (Å²) < 4.78 is 5.73. The fourth-order valence-electron chi connectivity index (χ4n) is 4.27. The van der Waals surface area contributed by atoms with E-state index < -0.39 is 0 Å². The number of hydrogen-bond donors (Lipinski definition) is 2. The maximum atomic E-state index is 11.3. The molecule has 1 aliphatic heterocycles. The van der Waals surface area contributed by atoms with E-state index in [4.69, 9.17) is 4.74 Å². The number of carbonyl (C=O) groups excluding carboxylic acids is 1. The number of anilines is 1. The molecule has 126 valence electrons. The first-order valence-electron chi connectivity index (χ1n) is 8.48. The molecule has 1 amide bonds. The van der Waals surface area contributed by atoms with Gasteiger partial charge in [0.05, 0.1) is 12.3 Å². The predicted molar refractivity (Wildman–Crippen MR) is 92.5 cm³/mol. The number of nitrogens with one attached hydrogen (secondary N) is 2. The molecule has 4 rings (SSSR count). The van der Waals surface area contributed by atoms with E-state index in [2.05, 4.69) is 47.3 Å². The van der Waals surface area contributed by atoms with E-state index in [0.29, 0.717) is 17.8 Å². The minimum absolute atomic E-state index is 0.111. The smallest absolute Gasteiger partial charge is 0.223 e. The third-order valence-electron chi connectivity index (χ3n) is 5.45. The minimum Gasteiger partial charge on any atom is -0.493 e. The first-order chi connectivity index (χ1) is 11.4. The fraction of sp³-hybridized carbons (Fsp3) is 0.474. The standard InChI is InChI=1S/C19H23N3O2/c1-10-17(22-18(20-10)21-11(2)23)16-15(19(16,3)4)13-6-5-7-14-12(13)8-9-24-14/h5-7,15-16H,8-9H2,1-4H3,(H2,20,21,22,23)/t15?,16-/m0/s1. The number of aryl methyl sites for hydroxylation is 1. The molecule has 1 fully saturated rings. The van der Waals surface area contributed by atoms with Crippen molar-refractivity contribution in [2.75, 3.05) is 11.9 Å². The summed E-state index contributed by atoms with van der Waals surface area (Å²) in [6, 6.07) is 6.38. The molecule has 2 aliphatic rings. The van der Waals surface area contributed by atoms with Gasteiger partial charge in [-0.25, -0.2) is 4.98 Å². The fourth-order valence-corrected chi connectivity index (χ4v) is 4.27. The number of amides is 1. The van der Waals surface area contributed by atoms with Crippen LogP contribution in [0.4, 0.5) is 5.95 Å². The van der Waals surface area contributed by atoms with Gasteiger partial charge >= 0.3 is 0 Å². The van der Waals surface area contributed by atoms with Gasteiger partial charge in [-0.3, -0.25) is 10.1 Å². The van der Waals surface area contributed by atoms with Crippen molar-refractivity contribution in [3.63, 3.8) is 0 Å². The van der Waals surface area contributed by atoms with Crippen LogP contribution < -0.4 is 10.1 Å². The van der Waals surface area contributed by atoms with Gasteiger partial charge in [-0.05, 0) is 29.9 Å². The van der Waals surface area contributed by atoms with Gasteiger partial charge in [0.25, 0.3) is 0 Å². The Morgan fingerprint density at radius 2 is 2.17 bits per heavy atom. The lowest BCUT2D eigenvalue weighted by atomic mass is 9.96. The molecule has 1 unspecified atom stereocenters. The highest BCUT2D eigenvalue weighted by Gasteiger charge is 2.61. The van der Waals surface area contributed by atoms with Gasteiger partial charge in [0.2, 0.25) is 11.9 Å². The summed E-state index contributed by atoms with van der Waals surface area (Å²) in [6.45, 7) is 8.89. The molecular weight excluding hydrogens is 302 g/mol. The lowest BCUT2D eigenvalue weighted by Gasteiger charge is -2.08. The zero-order valence-corrected chi connectivity index (χ0v) is 14.6. The van der Waals surface area contributed by atoms with Gasteiger partial charge in [-0.15, -0.1) is 0 Å². The molecule has 2 aromatic rings. The number of aromatic amines is 1. The summed E-state index contributed by atoms with van der Waals surface area (Å²) in [4.78, 5) is 19.1. The van der Waals surface area contributed by atoms with Crippen LogP contribution in [0.15, 0.2) is 18.2 Å². The van der Waals surface area contributed by atoms with Crippen molar-refractivity contribution in [1.29, 1.82) is 0 Å². The number of rotatable bonds is 3. The van der Waals surface area contributed by atoms with Crippen LogP contribution in [-0.4, -0.2) is 22.5 Å². The Morgan fingerprint density at radius 1 is 1.38 bits per heavy atom. The molecule has 2 heterocycles. The van der Waals surface area contributed by atoms with Crippen LogP contribution in [0, 0.1) is 12.3 Å². The Bertz CT molecular complexity index is 822. The molecule has 2 atom stereocenters. The molecule has 1 aromatic heterocycles. The second-order valence-electron chi connectivity index (χ2n) is 7.48. The summed E-state index contributed by atoms with van der Waals surface area (Å²) in [5, 5.41) is 2.75. The number of ether oxygens (including phenoxy) is 1. The molecule has 24 heavy (non-hydrogen) atoms. The molecule has 0 bridgehead atoms. The maximum absolute atomic E-state index is 11.3. The number of H-pyrrole nitrogens is 1. The Labute approximate surface area is 141 Å².